The Morgan fingerprint density at radius 1 is 0.966 bits per heavy atom. The van der Waals surface area contributed by atoms with Gasteiger partial charge in [-0.2, -0.15) is 0 Å². The van der Waals surface area contributed by atoms with E-state index in [1.807, 2.05) is 18.2 Å². The van der Waals surface area contributed by atoms with Gasteiger partial charge in [0.25, 0.3) is 0 Å². The normalized spacial score (nSPS) is 14.8. The summed E-state index contributed by atoms with van der Waals surface area (Å²) in [7, 11) is 1.62. The van der Waals surface area contributed by atoms with E-state index in [0.717, 1.165) is 17.7 Å². The second-order valence-corrected chi connectivity index (χ2v) is 8.45. The van der Waals surface area contributed by atoms with E-state index in [1.54, 1.807) is 19.2 Å². The smallest absolute Gasteiger partial charge is 0.180 e. The molecule has 3 nitrogen and oxygen atoms in total. The maximum atomic E-state index is 6.51. The van der Waals surface area contributed by atoms with Crippen molar-refractivity contribution in [3.63, 3.8) is 0 Å². The first-order valence-corrected chi connectivity index (χ1v) is 10.9. The van der Waals surface area contributed by atoms with Crippen molar-refractivity contribution in [2.45, 2.75) is 57.7 Å². The number of nitrogens with one attached hydrogen (secondary N) is 1. The van der Waals surface area contributed by atoms with Crippen molar-refractivity contribution in [3.8, 4) is 11.5 Å². The van der Waals surface area contributed by atoms with Gasteiger partial charge in [-0.05, 0) is 42.7 Å². The summed E-state index contributed by atoms with van der Waals surface area (Å²) in [5, 5.41) is 5.35. The fourth-order valence-electron chi connectivity index (χ4n) is 3.55. The van der Waals surface area contributed by atoms with Gasteiger partial charge in [-0.15, -0.1) is 12.4 Å². The van der Waals surface area contributed by atoms with E-state index in [2.05, 4.69) is 5.32 Å². The molecule has 0 radical (unpaired) electrons. The molecule has 1 saturated carbocycles. The third-order valence-electron chi connectivity index (χ3n) is 5.13. The topological polar surface area (TPSA) is 30.5 Å². The lowest BCUT2D eigenvalue weighted by Crippen LogP contribution is -2.27. The molecular formula is C22H27Cl4NO2. The molecule has 0 aliphatic heterocycles. The summed E-state index contributed by atoms with van der Waals surface area (Å²) in [6.07, 6.45) is 7.80. The van der Waals surface area contributed by atoms with Gasteiger partial charge in [-0.1, -0.05) is 66.6 Å². The predicted molar refractivity (Wildman–Crippen MR) is 124 cm³/mol. The van der Waals surface area contributed by atoms with Gasteiger partial charge in [0.15, 0.2) is 11.5 Å². The molecule has 0 unspecified atom stereocenters. The first-order valence-electron chi connectivity index (χ1n) is 9.73. The molecule has 160 valence electrons. The molecule has 0 saturated heterocycles. The van der Waals surface area contributed by atoms with Crippen LogP contribution in [0, 0.1) is 0 Å². The van der Waals surface area contributed by atoms with Crippen molar-refractivity contribution in [2.24, 2.45) is 0 Å². The lowest BCUT2D eigenvalue weighted by molar-refractivity contribution is 0.284. The zero-order valence-electron chi connectivity index (χ0n) is 16.5. The number of hydrogen-bond donors (Lipinski definition) is 1. The zero-order chi connectivity index (χ0) is 19.9. The van der Waals surface area contributed by atoms with Gasteiger partial charge < -0.3 is 14.8 Å². The van der Waals surface area contributed by atoms with Crippen LogP contribution in [0.4, 0.5) is 0 Å². The fourth-order valence-corrected chi connectivity index (χ4v) is 4.30. The lowest BCUT2D eigenvalue weighted by Gasteiger charge is -2.18. The lowest BCUT2D eigenvalue weighted by atomic mass is 10.1. The van der Waals surface area contributed by atoms with Crippen LogP contribution in [-0.2, 0) is 13.2 Å². The van der Waals surface area contributed by atoms with Gasteiger partial charge in [-0.3, -0.25) is 0 Å². The molecule has 0 heterocycles. The zero-order valence-corrected chi connectivity index (χ0v) is 19.6. The van der Waals surface area contributed by atoms with E-state index in [1.165, 1.54) is 38.5 Å². The van der Waals surface area contributed by atoms with Crippen molar-refractivity contribution in [3.05, 3.63) is 56.5 Å². The van der Waals surface area contributed by atoms with Crippen molar-refractivity contribution in [2.75, 3.05) is 7.11 Å². The third-order valence-corrected chi connectivity index (χ3v) is 5.99. The van der Waals surface area contributed by atoms with Gasteiger partial charge in [0.1, 0.15) is 6.61 Å². The van der Waals surface area contributed by atoms with Crippen molar-refractivity contribution in [1.82, 2.24) is 5.32 Å². The molecule has 7 heteroatoms. The Morgan fingerprint density at radius 3 is 2.34 bits per heavy atom. The van der Waals surface area contributed by atoms with E-state index >= 15 is 0 Å². The minimum atomic E-state index is 0. The molecule has 0 amide bonds. The summed E-state index contributed by atoms with van der Waals surface area (Å²) in [5.74, 6) is 1.14. The Bertz CT molecular complexity index is 793. The van der Waals surface area contributed by atoms with Crippen LogP contribution in [0.1, 0.15) is 49.7 Å². The molecule has 0 aromatic heterocycles. The Hall–Kier alpha value is -0.840. The minimum Gasteiger partial charge on any atom is -0.493 e. The number of hydrogen-bond acceptors (Lipinski definition) is 3. The second kappa shape index (κ2) is 12.1. The summed E-state index contributed by atoms with van der Waals surface area (Å²) in [4.78, 5) is 0. The van der Waals surface area contributed by atoms with E-state index in [-0.39, 0.29) is 19.0 Å². The first-order chi connectivity index (χ1) is 13.6. The molecule has 0 bridgehead atoms. The van der Waals surface area contributed by atoms with Crippen LogP contribution >= 0.6 is 47.2 Å². The van der Waals surface area contributed by atoms with Crippen LogP contribution in [0.2, 0.25) is 15.1 Å². The monoisotopic (exact) mass is 477 g/mol. The van der Waals surface area contributed by atoms with Crippen molar-refractivity contribution < 1.29 is 9.47 Å². The standard InChI is InChI=1S/C22H26Cl3NO2.ClH/c1-27-21-11-15(13-26-18-6-4-2-3-5-7-18)10-20(25)22(21)28-14-16-8-9-17(23)12-19(16)24;/h8-12,18,26H,2-7,13-14H2,1H3;1H. The summed E-state index contributed by atoms with van der Waals surface area (Å²) in [6, 6.07) is 9.82. The number of ether oxygens (including phenoxy) is 2. The molecule has 2 aromatic carbocycles. The number of rotatable bonds is 7. The summed E-state index contributed by atoms with van der Waals surface area (Å²) >= 11 is 18.7. The van der Waals surface area contributed by atoms with Crippen LogP contribution < -0.4 is 14.8 Å². The quantitative estimate of drug-likeness (QED) is 0.418. The van der Waals surface area contributed by atoms with Crippen molar-refractivity contribution >= 4 is 47.2 Å². The van der Waals surface area contributed by atoms with Crippen molar-refractivity contribution in [1.29, 1.82) is 0 Å². The van der Waals surface area contributed by atoms with E-state index < -0.39 is 0 Å². The Morgan fingerprint density at radius 2 is 1.69 bits per heavy atom. The first kappa shape index (κ1) is 24.4. The van der Waals surface area contributed by atoms with Gasteiger partial charge >= 0.3 is 0 Å². The SMILES string of the molecule is COc1cc(CNC2CCCCCC2)cc(Cl)c1OCc1ccc(Cl)cc1Cl.Cl. The molecule has 3 rings (SSSR count). The molecule has 1 aliphatic rings. The average molecular weight is 479 g/mol. The van der Waals surface area contributed by atoms with Gasteiger partial charge in [0.2, 0.25) is 0 Å². The highest BCUT2D eigenvalue weighted by Gasteiger charge is 2.15. The molecule has 0 spiro atoms. The summed E-state index contributed by atoms with van der Waals surface area (Å²) in [6.45, 7) is 1.05. The molecule has 1 N–H and O–H groups in total. The highest BCUT2D eigenvalue weighted by molar-refractivity contribution is 6.35. The molecule has 29 heavy (non-hydrogen) atoms. The highest BCUT2D eigenvalue weighted by atomic mass is 35.5. The van der Waals surface area contributed by atoms with Crippen LogP contribution in [0.5, 0.6) is 11.5 Å². The molecule has 1 aliphatic carbocycles. The predicted octanol–water partition coefficient (Wildman–Crippen LogP) is 7.47. The Balaban J connectivity index is 0.00000300. The molecular weight excluding hydrogens is 452 g/mol. The molecule has 2 aromatic rings. The van der Waals surface area contributed by atoms with Crippen LogP contribution in [-0.4, -0.2) is 13.2 Å². The van der Waals surface area contributed by atoms with Crippen LogP contribution in [0.15, 0.2) is 30.3 Å². The molecule has 1 fully saturated rings. The van der Waals surface area contributed by atoms with E-state index in [9.17, 15) is 0 Å². The van der Waals surface area contributed by atoms with Gasteiger partial charge in [0, 0.05) is 28.2 Å². The number of benzene rings is 2. The maximum absolute atomic E-state index is 6.51. The van der Waals surface area contributed by atoms with Gasteiger partial charge in [0.05, 0.1) is 12.1 Å². The summed E-state index contributed by atoms with van der Waals surface area (Å²) in [5.41, 5.74) is 1.92. The minimum absolute atomic E-state index is 0. The van der Waals surface area contributed by atoms with Crippen LogP contribution in [0.3, 0.4) is 0 Å². The number of methoxy groups -OCH3 is 1. The van der Waals surface area contributed by atoms with E-state index in [4.69, 9.17) is 44.3 Å². The Kier molecular flexibility index (Phi) is 10.2. The largest absolute Gasteiger partial charge is 0.493 e. The fraction of sp³-hybridized carbons (Fsp3) is 0.455. The maximum Gasteiger partial charge on any atom is 0.180 e. The molecule has 0 atom stereocenters. The second-order valence-electron chi connectivity index (χ2n) is 7.20. The summed E-state index contributed by atoms with van der Waals surface area (Å²) < 4.78 is 11.5. The highest BCUT2D eigenvalue weighted by Crippen LogP contribution is 2.37. The number of halogens is 4. The average Bonchev–Trinajstić information content (AvgIpc) is 2.95. The van der Waals surface area contributed by atoms with E-state index in [0.29, 0.717) is 32.6 Å². The third kappa shape index (κ3) is 7.11. The Labute approximate surface area is 194 Å². The van der Waals surface area contributed by atoms with Gasteiger partial charge in [-0.25, -0.2) is 0 Å². The van der Waals surface area contributed by atoms with Crippen LogP contribution in [0.25, 0.3) is 0 Å².